The van der Waals surface area contributed by atoms with Gasteiger partial charge in [0.15, 0.2) is 0 Å². The molecule has 7 aromatic carbocycles. The molecule has 48 heavy (non-hydrogen) atoms. The average molecular weight is 628 g/mol. The maximum atomic E-state index is 7.23. The number of fused-ring (bicyclic) bond motifs is 10. The van der Waals surface area contributed by atoms with Crippen LogP contribution in [0, 0.1) is 0 Å². The lowest BCUT2D eigenvalue weighted by molar-refractivity contribution is 0.488. The predicted octanol–water partition coefficient (Wildman–Crippen LogP) is 6.86. The van der Waals surface area contributed by atoms with Gasteiger partial charge in [-0.3, -0.25) is 0 Å². The van der Waals surface area contributed by atoms with Crippen molar-refractivity contribution in [3.63, 3.8) is 0 Å². The van der Waals surface area contributed by atoms with Crippen LogP contribution >= 0.6 is 11.8 Å². The van der Waals surface area contributed by atoms with Gasteiger partial charge in [-0.15, -0.1) is 0 Å². The summed E-state index contributed by atoms with van der Waals surface area (Å²) in [5, 5.41) is 0. The summed E-state index contributed by atoms with van der Waals surface area (Å²) in [6.45, 7) is 0.0721. The van der Waals surface area contributed by atoms with E-state index in [4.69, 9.17) is 4.74 Å². The van der Waals surface area contributed by atoms with E-state index in [1.54, 1.807) is 0 Å². The maximum Gasteiger partial charge on any atom is 0.254 e. The highest BCUT2D eigenvalue weighted by Crippen LogP contribution is 2.53. The topological polar surface area (TPSA) is 15.7 Å². The first-order chi connectivity index (χ1) is 23.9. The van der Waals surface area contributed by atoms with Gasteiger partial charge < -0.3 is 14.5 Å². The van der Waals surface area contributed by atoms with Gasteiger partial charge in [-0.1, -0.05) is 126 Å². The molecule has 222 valence electrons. The molecule has 0 spiro atoms. The summed E-state index contributed by atoms with van der Waals surface area (Å²) in [4.78, 5) is 7.56. The highest BCUT2D eigenvalue weighted by molar-refractivity contribution is 8.00. The summed E-state index contributed by atoms with van der Waals surface area (Å²) < 4.78 is 7.23. The highest BCUT2D eigenvalue weighted by atomic mass is 32.2. The van der Waals surface area contributed by atoms with Crippen molar-refractivity contribution in [3.05, 3.63) is 158 Å². The number of hydrogen-bond donors (Lipinski definition) is 0. The third-order valence-electron chi connectivity index (χ3n) is 10.3. The van der Waals surface area contributed by atoms with Gasteiger partial charge in [0, 0.05) is 32.5 Å². The molecule has 0 unspecified atom stereocenters. The molecule has 0 radical (unpaired) electrons. The highest BCUT2D eigenvalue weighted by Gasteiger charge is 2.51. The fourth-order valence-corrected chi connectivity index (χ4v) is 9.79. The Kier molecular flexibility index (Phi) is 5.50. The van der Waals surface area contributed by atoms with Crippen molar-refractivity contribution in [2.24, 2.45) is 0 Å². The van der Waals surface area contributed by atoms with Crippen LogP contribution in [-0.4, -0.2) is 13.4 Å². The first-order valence-corrected chi connectivity index (χ1v) is 17.3. The van der Waals surface area contributed by atoms with E-state index in [1.165, 1.54) is 59.6 Å². The van der Waals surface area contributed by atoms with Gasteiger partial charge in [0.05, 0.1) is 11.4 Å². The van der Waals surface area contributed by atoms with Gasteiger partial charge in [0.25, 0.3) is 13.4 Å². The Hall–Kier alpha value is -5.58. The lowest BCUT2D eigenvalue weighted by Crippen LogP contribution is -2.64. The van der Waals surface area contributed by atoms with Crippen molar-refractivity contribution < 1.29 is 4.74 Å². The van der Waals surface area contributed by atoms with Gasteiger partial charge in [0.2, 0.25) is 0 Å². The molecule has 0 fully saturated rings. The van der Waals surface area contributed by atoms with Crippen molar-refractivity contribution in [2.75, 3.05) is 9.80 Å². The summed E-state index contributed by atoms with van der Waals surface area (Å²) in [6, 6.07) is 57.2. The molecule has 4 aliphatic rings. The third-order valence-corrected chi connectivity index (χ3v) is 11.6. The zero-order valence-electron chi connectivity index (χ0n) is 25.9. The molecule has 6 heteroatoms. The van der Waals surface area contributed by atoms with E-state index in [0.29, 0.717) is 0 Å². The van der Waals surface area contributed by atoms with Crippen LogP contribution in [0.15, 0.2) is 168 Å². The first kappa shape index (κ1) is 26.5. The van der Waals surface area contributed by atoms with E-state index < -0.39 is 0 Å². The van der Waals surface area contributed by atoms with Crippen LogP contribution < -0.4 is 47.3 Å². The lowest BCUT2D eigenvalue weighted by atomic mass is 9.31. The Morgan fingerprint density at radius 1 is 0.438 bits per heavy atom. The van der Waals surface area contributed by atoms with Gasteiger partial charge >= 0.3 is 0 Å². The number of para-hydroxylation sites is 5. The predicted molar refractivity (Wildman–Crippen MR) is 202 cm³/mol. The van der Waals surface area contributed by atoms with E-state index >= 15 is 0 Å². The lowest BCUT2D eigenvalue weighted by Gasteiger charge is -2.48. The molecule has 0 bridgehead atoms. The minimum absolute atomic E-state index is 0.0286. The Morgan fingerprint density at radius 2 is 0.938 bits per heavy atom. The number of hydrogen-bond acceptors (Lipinski definition) is 4. The summed E-state index contributed by atoms with van der Waals surface area (Å²) >= 11 is 1.90. The van der Waals surface area contributed by atoms with Gasteiger partial charge in [0.1, 0.15) is 11.5 Å². The van der Waals surface area contributed by atoms with Crippen LogP contribution in [0.3, 0.4) is 0 Å². The normalized spacial score (nSPS) is 14.2. The van der Waals surface area contributed by atoms with E-state index in [1.807, 2.05) is 11.8 Å². The van der Waals surface area contributed by atoms with Crippen LogP contribution in [0.5, 0.6) is 11.5 Å². The van der Waals surface area contributed by atoms with Gasteiger partial charge in [-0.05, 0) is 75.8 Å². The Balaban J connectivity index is 1.36. The number of rotatable bonds is 2. The number of benzene rings is 7. The smallest absolute Gasteiger partial charge is 0.254 e. The quantitative estimate of drug-likeness (QED) is 0.195. The SMILES string of the molecule is c1ccc(N2c3ccccc3B3c4ccccc4N(c4ccccc4)c4c5c6c(c2c43)Oc2ccccc2B6c2ccccc2S5)cc1. The van der Waals surface area contributed by atoms with Crippen molar-refractivity contribution >= 4 is 92.1 Å². The number of anilines is 6. The zero-order valence-corrected chi connectivity index (χ0v) is 26.7. The van der Waals surface area contributed by atoms with E-state index in [-0.39, 0.29) is 13.4 Å². The summed E-state index contributed by atoms with van der Waals surface area (Å²) in [7, 11) is 0. The molecule has 4 heterocycles. The molecule has 0 aliphatic carbocycles. The largest absolute Gasteiger partial charge is 0.456 e. The molecular weight excluding hydrogens is 602 g/mol. The average Bonchev–Trinajstić information content (AvgIpc) is 3.16. The Morgan fingerprint density at radius 3 is 1.60 bits per heavy atom. The molecule has 0 N–H and O–H groups in total. The minimum Gasteiger partial charge on any atom is -0.456 e. The Labute approximate surface area is 284 Å². The van der Waals surface area contributed by atoms with Crippen LogP contribution in [0.2, 0.25) is 0 Å². The molecule has 0 saturated heterocycles. The second-order valence-electron chi connectivity index (χ2n) is 12.8. The van der Waals surface area contributed by atoms with E-state index in [2.05, 4.69) is 168 Å². The standard InChI is InChI=1S/C42H26B2N2OS/c1-3-15-27(16-4-1)45-33-23-11-7-19-29(33)43-30-20-8-12-24-34(30)46(28-17-5-2-6-18-28)40-37(43)39(45)41-38-42(40)48-36-26-14-10-22-32(36)44(38)31-21-9-13-25-35(31)47-41/h1-26H. The minimum atomic E-state index is 0.0286. The van der Waals surface area contributed by atoms with Crippen molar-refractivity contribution in [3.8, 4) is 11.5 Å². The first-order valence-electron chi connectivity index (χ1n) is 16.5. The summed E-state index contributed by atoms with van der Waals surface area (Å²) in [5.74, 6) is 1.89. The van der Waals surface area contributed by atoms with Gasteiger partial charge in [-0.2, -0.15) is 0 Å². The fourth-order valence-electron chi connectivity index (χ4n) is 8.50. The number of nitrogens with zero attached hydrogens (tertiary/aromatic N) is 2. The van der Waals surface area contributed by atoms with Crippen LogP contribution in [-0.2, 0) is 0 Å². The van der Waals surface area contributed by atoms with E-state index in [9.17, 15) is 0 Å². The summed E-state index contributed by atoms with van der Waals surface area (Å²) in [6.07, 6.45) is 0. The van der Waals surface area contributed by atoms with Crippen LogP contribution in [0.25, 0.3) is 0 Å². The molecular formula is C42H26B2N2OS. The molecule has 7 aromatic rings. The van der Waals surface area contributed by atoms with Crippen molar-refractivity contribution in [2.45, 2.75) is 9.79 Å². The second-order valence-corrected chi connectivity index (χ2v) is 13.8. The van der Waals surface area contributed by atoms with Crippen molar-refractivity contribution in [1.82, 2.24) is 0 Å². The maximum absolute atomic E-state index is 7.23. The molecule has 3 nitrogen and oxygen atoms in total. The summed E-state index contributed by atoms with van der Waals surface area (Å²) in [5.41, 5.74) is 14.8. The monoisotopic (exact) mass is 628 g/mol. The molecule has 4 aliphatic heterocycles. The molecule has 0 amide bonds. The molecule has 0 aromatic heterocycles. The fraction of sp³-hybridized carbons (Fsp3) is 0. The third kappa shape index (κ3) is 3.48. The zero-order chi connectivity index (χ0) is 31.3. The molecule has 0 atom stereocenters. The molecule has 0 saturated carbocycles. The Bertz CT molecular complexity index is 2230. The van der Waals surface area contributed by atoms with Crippen LogP contribution in [0.4, 0.5) is 34.1 Å². The van der Waals surface area contributed by atoms with E-state index in [0.717, 1.165) is 28.6 Å². The number of ether oxygens (including phenoxy) is 1. The van der Waals surface area contributed by atoms with Gasteiger partial charge in [-0.25, -0.2) is 0 Å². The van der Waals surface area contributed by atoms with Crippen LogP contribution in [0.1, 0.15) is 0 Å². The molecule has 11 rings (SSSR count). The van der Waals surface area contributed by atoms with Crippen molar-refractivity contribution in [1.29, 1.82) is 0 Å². The second kappa shape index (κ2) is 9.96.